The quantitative estimate of drug-likeness (QED) is 0.884. The molecule has 1 aliphatic rings. The van der Waals surface area contributed by atoms with Crippen LogP contribution in [0.25, 0.3) is 0 Å². The summed E-state index contributed by atoms with van der Waals surface area (Å²) in [5, 5.41) is 9.44. The van der Waals surface area contributed by atoms with Gasteiger partial charge in [0.25, 0.3) is 0 Å². The number of likely N-dealkylation sites (tertiary alicyclic amines) is 1. The van der Waals surface area contributed by atoms with Crippen molar-refractivity contribution in [1.29, 1.82) is 0 Å². The molecule has 2 rings (SSSR count). The first-order valence-corrected chi connectivity index (χ1v) is 6.80. The second kappa shape index (κ2) is 6.57. The van der Waals surface area contributed by atoms with Crippen LogP contribution in [0.15, 0.2) is 24.3 Å². The van der Waals surface area contributed by atoms with Crippen molar-refractivity contribution in [2.75, 3.05) is 20.2 Å². The van der Waals surface area contributed by atoms with Crippen LogP contribution < -0.4 is 4.74 Å². The van der Waals surface area contributed by atoms with Crippen LogP contribution in [-0.4, -0.2) is 42.2 Å². The van der Waals surface area contributed by atoms with Crippen LogP contribution in [0, 0.1) is 0 Å². The minimum atomic E-state index is -0.732. The van der Waals surface area contributed by atoms with Gasteiger partial charge in [0.1, 0.15) is 11.8 Å². The van der Waals surface area contributed by atoms with Gasteiger partial charge in [-0.1, -0.05) is 18.6 Å². The van der Waals surface area contributed by atoms with E-state index in [2.05, 4.69) is 4.90 Å². The minimum absolute atomic E-state index is 0.424. The SMILES string of the molecule is COc1cccc(C[C@@H](C(=O)O)N2CCCCC2)c1. The van der Waals surface area contributed by atoms with E-state index in [9.17, 15) is 9.90 Å². The number of methoxy groups -OCH3 is 1. The third-order valence-corrected chi connectivity index (χ3v) is 3.68. The van der Waals surface area contributed by atoms with Crippen molar-refractivity contribution in [3.05, 3.63) is 29.8 Å². The molecule has 0 saturated carbocycles. The highest BCUT2D eigenvalue weighted by atomic mass is 16.5. The second-order valence-electron chi connectivity index (χ2n) is 5.01. The van der Waals surface area contributed by atoms with Gasteiger partial charge in [0.15, 0.2) is 0 Å². The van der Waals surface area contributed by atoms with E-state index in [0.29, 0.717) is 6.42 Å². The molecule has 0 radical (unpaired) electrons. The predicted octanol–water partition coefficient (Wildman–Crippen LogP) is 2.18. The number of carboxylic acids is 1. The van der Waals surface area contributed by atoms with Gasteiger partial charge in [0.05, 0.1) is 7.11 Å². The molecule has 0 aliphatic carbocycles. The zero-order valence-electron chi connectivity index (χ0n) is 11.3. The van der Waals surface area contributed by atoms with Crippen molar-refractivity contribution < 1.29 is 14.6 Å². The average molecular weight is 263 g/mol. The summed E-state index contributed by atoms with van der Waals surface area (Å²) < 4.78 is 5.18. The van der Waals surface area contributed by atoms with Crippen LogP contribution in [0.4, 0.5) is 0 Å². The fraction of sp³-hybridized carbons (Fsp3) is 0.533. The van der Waals surface area contributed by atoms with Gasteiger partial charge >= 0.3 is 5.97 Å². The number of rotatable bonds is 5. The fourth-order valence-electron chi connectivity index (χ4n) is 2.63. The molecule has 0 aromatic heterocycles. The molecule has 104 valence electrons. The molecule has 19 heavy (non-hydrogen) atoms. The predicted molar refractivity (Wildman–Crippen MR) is 73.5 cm³/mol. The molecular formula is C15H21NO3. The van der Waals surface area contributed by atoms with E-state index < -0.39 is 12.0 Å². The zero-order chi connectivity index (χ0) is 13.7. The Hall–Kier alpha value is -1.55. The normalized spacial score (nSPS) is 17.9. The minimum Gasteiger partial charge on any atom is -0.497 e. The molecule has 0 spiro atoms. The standard InChI is InChI=1S/C15H21NO3/c1-19-13-7-5-6-12(10-13)11-14(15(17)18)16-8-3-2-4-9-16/h5-7,10,14H,2-4,8-9,11H2,1H3,(H,17,18)/t14-/m0/s1. The maximum atomic E-state index is 11.5. The number of benzene rings is 1. The van der Waals surface area contributed by atoms with Crippen molar-refractivity contribution in [3.63, 3.8) is 0 Å². The fourth-order valence-corrected chi connectivity index (χ4v) is 2.63. The van der Waals surface area contributed by atoms with Crippen molar-refractivity contribution in [2.45, 2.75) is 31.7 Å². The summed E-state index contributed by atoms with van der Waals surface area (Å²) in [7, 11) is 1.62. The van der Waals surface area contributed by atoms with Crippen LogP contribution >= 0.6 is 0 Å². The van der Waals surface area contributed by atoms with Gasteiger partial charge < -0.3 is 9.84 Å². The summed E-state index contributed by atoms with van der Waals surface area (Å²) in [5.74, 6) is 0.0463. The molecule has 1 fully saturated rings. The Labute approximate surface area is 114 Å². The van der Waals surface area contributed by atoms with Gasteiger partial charge in [-0.3, -0.25) is 9.69 Å². The summed E-state index contributed by atoms with van der Waals surface area (Å²) in [6.45, 7) is 1.78. The van der Waals surface area contributed by atoms with Crippen molar-refractivity contribution >= 4 is 5.97 Å². The highest BCUT2D eigenvalue weighted by Gasteiger charge is 2.26. The summed E-state index contributed by atoms with van der Waals surface area (Å²) >= 11 is 0. The average Bonchev–Trinajstić information content (AvgIpc) is 2.45. The van der Waals surface area contributed by atoms with Gasteiger partial charge in [0.2, 0.25) is 0 Å². The van der Waals surface area contributed by atoms with Crippen LogP contribution in [0.2, 0.25) is 0 Å². The third kappa shape index (κ3) is 3.70. The van der Waals surface area contributed by atoms with Crippen LogP contribution in [0.3, 0.4) is 0 Å². The van der Waals surface area contributed by atoms with E-state index in [-0.39, 0.29) is 0 Å². The number of piperidine rings is 1. The Balaban J connectivity index is 2.08. The molecule has 4 heteroatoms. The summed E-state index contributed by atoms with van der Waals surface area (Å²) in [6, 6.07) is 7.23. The Morgan fingerprint density at radius 1 is 1.37 bits per heavy atom. The summed E-state index contributed by atoms with van der Waals surface area (Å²) in [6.07, 6.45) is 3.94. The Morgan fingerprint density at radius 2 is 2.11 bits per heavy atom. The van der Waals surface area contributed by atoms with Crippen molar-refractivity contribution in [3.8, 4) is 5.75 Å². The molecule has 1 aliphatic heterocycles. The molecule has 4 nitrogen and oxygen atoms in total. The molecule has 0 amide bonds. The monoisotopic (exact) mass is 263 g/mol. The molecular weight excluding hydrogens is 242 g/mol. The van der Waals surface area contributed by atoms with Gasteiger partial charge in [-0.05, 0) is 50.0 Å². The highest BCUT2D eigenvalue weighted by Crippen LogP contribution is 2.19. The Morgan fingerprint density at radius 3 is 2.74 bits per heavy atom. The molecule has 1 aromatic carbocycles. The zero-order valence-corrected chi connectivity index (χ0v) is 11.3. The highest BCUT2D eigenvalue weighted by molar-refractivity contribution is 5.74. The first kappa shape index (κ1) is 13.9. The largest absolute Gasteiger partial charge is 0.497 e. The number of ether oxygens (including phenoxy) is 1. The van der Waals surface area contributed by atoms with Gasteiger partial charge in [-0.15, -0.1) is 0 Å². The lowest BCUT2D eigenvalue weighted by Crippen LogP contribution is -2.45. The lowest BCUT2D eigenvalue weighted by molar-refractivity contribution is -0.143. The Bertz CT molecular complexity index is 427. The second-order valence-corrected chi connectivity index (χ2v) is 5.01. The van der Waals surface area contributed by atoms with Gasteiger partial charge in [-0.25, -0.2) is 0 Å². The molecule has 0 unspecified atom stereocenters. The number of nitrogens with zero attached hydrogens (tertiary/aromatic N) is 1. The smallest absolute Gasteiger partial charge is 0.321 e. The Kier molecular flexibility index (Phi) is 4.80. The topological polar surface area (TPSA) is 49.8 Å². The molecule has 1 aromatic rings. The van der Waals surface area contributed by atoms with E-state index in [1.807, 2.05) is 24.3 Å². The molecule has 1 heterocycles. The molecule has 1 atom stereocenters. The summed E-state index contributed by atoms with van der Waals surface area (Å²) in [4.78, 5) is 13.6. The first-order chi connectivity index (χ1) is 9.20. The third-order valence-electron chi connectivity index (χ3n) is 3.68. The van der Waals surface area contributed by atoms with Crippen molar-refractivity contribution in [2.24, 2.45) is 0 Å². The number of carboxylic acid groups (broad SMARTS) is 1. The van der Waals surface area contributed by atoms with Crippen LogP contribution in [0.5, 0.6) is 5.75 Å². The van der Waals surface area contributed by atoms with E-state index in [0.717, 1.165) is 37.2 Å². The summed E-state index contributed by atoms with van der Waals surface area (Å²) in [5.41, 5.74) is 1.01. The maximum Gasteiger partial charge on any atom is 0.321 e. The van der Waals surface area contributed by atoms with Gasteiger partial charge in [-0.2, -0.15) is 0 Å². The number of hydrogen-bond donors (Lipinski definition) is 1. The van der Waals surface area contributed by atoms with E-state index in [1.54, 1.807) is 7.11 Å². The molecule has 1 N–H and O–H groups in total. The first-order valence-electron chi connectivity index (χ1n) is 6.80. The van der Waals surface area contributed by atoms with Crippen LogP contribution in [-0.2, 0) is 11.2 Å². The lowest BCUT2D eigenvalue weighted by Gasteiger charge is -2.32. The van der Waals surface area contributed by atoms with E-state index in [4.69, 9.17) is 4.74 Å². The molecule has 0 bridgehead atoms. The van der Waals surface area contributed by atoms with E-state index in [1.165, 1.54) is 6.42 Å². The number of carbonyl (C=O) groups is 1. The van der Waals surface area contributed by atoms with Gasteiger partial charge in [0, 0.05) is 0 Å². The lowest BCUT2D eigenvalue weighted by atomic mass is 10.0. The number of hydrogen-bond acceptors (Lipinski definition) is 3. The molecule has 1 saturated heterocycles. The van der Waals surface area contributed by atoms with E-state index >= 15 is 0 Å². The maximum absolute atomic E-state index is 11.5. The van der Waals surface area contributed by atoms with Crippen LogP contribution in [0.1, 0.15) is 24.8 Å². The number of aliphatic carboxylic acids is 1. The van der Waals surface area contributed by atoms with Crippen molar-refractivity contribution in [1.82, 2.24) is 4.90 Å².